The molecule has 2 N–H and O–H groups in total. The Morgan fingerprint density at radius 2 is 2.48 bits per heavy atom. The fourth-order valence-electron chi connectivity index (χ4n) is 2.22. The third-order valence-electron chi connectivity index (χ3n) is 3.19. The lowest BCUT2D eigenvalue weighted by Gasteiger charge is -2.36. The van der Waals surface area contributed by atoms with E-state index in [1.807, 2.05) is 11.8 Å². The third-order valence-corrected chi connectivity index (χ3v) is 3.77. The molecule has 1 aliphatic rings. The maximum atomic E-state index is 12.1. The number of carbonyl (C=O) groups is 1. The Bertz CT molecular complexity index is 554. The molecule has 1 amide bonds. The summed E-state index contributed by atoms with van der Waals surface area (Å²) in [6.45, 7) is 4.25. The molecule has 0 aliphatic carbocycles. The van der Waals surface area contributed by atoms with Gasteiger partial charge in [-0.2, -0.15) is 0 Å². The molecule has 1 aliphatic heterocycles. The molecular formula is C12H16BrN5O3. The van der Waals surface area contributed by atoms with Gasteiger partial charge in [-0.05, 0) is 22.9 Å². The van der Waals surface area contributed by atoms with Gasteiger partial charge in [0, 0.05) is 32.2 Å². The number of rotatable bonds is 4. The number of nitro groups is 1. The lowest BCUT2D eigenvalue weighted by atomic mass is 10.1. The molecule has 0 saturated carbocycles. The van der Waals surface area contributed by atoms with Crippen molar-refractivity contribution in [2.24, 2.45) is 0 Å². The maximum Gasteiger partial charge on any atom is 0.288 e. The molecule has 0 spiro atoms. The first-order valence-electron chi connectivity index (χ1n) is 6.59. The van der Waals surface area contributed by atoms with Gasteiger partial charge in [-0.15, -0.1) is 0 Å². The van der Waals surface area contributed by atoms with E-state index in [2.05, 4.69) is 31.5 Å². The highest BCUT2D eigenvalue weighted by Gasteiger charge is 2.30. The molecule has 0 bridgehead atoms. The molecule has 1 aromatic heterocycles. The summed E-state index contributed by atoms with van der Waals surface area (Å²) in [5.41, 5.74) is -0.0877. The zero-order valence-electron chi connectivity index (χ0n) is 11.5. The van der Waals surface area contributed by atoms with E-state index in [9.17, 15) is 14.9 Å². The van der Waals surface area contributed by atoms with E-state index in [-0.39, 0.29) is 17.6 Å². The SMILES string of the molecule is CCNC(=O)C1CNCCN1c1ncc([N+](=O)[O-])cc1Br. The molecule has 1 atom stereocenters. The Kier molecular flexibility index (Phi) is 5.07. The van der Waals surface area contributed by atoms with E-state index in [0.29, 0.717) is 29.9 Å². The van der Waals surface area contributed by atoms with E-state index in [1.54, 1.807) is 0 Å². The van der Waals surface area contributed by atoms with E-state index < -0.39 is 4.92 Å². The fraction of sp³-hybridized carbons (Fsp3) is 0.500. The Morgan fingerprint density at radius 1 is 1.71 bits per heavy atom. The number of hydrogen-bond donors (Lipinski definition) is 2. The average molecular weight is 358 g/mol. The van der Waals surface area contributed by atoms with Crippen LogP contribution in [0.15, 0.2) is 16.7 Å². The van der Waals surface area contributed by atoms with Crippen molar-refractivity contribution in [2.75, 3.05) is 31.1 Å². The predicted octanol–water partition coefficient (Wildman–Crippen LogP) is 0.667. The second-order valence-corrected chi connectivity index (χ2v) is 5.42. The molecule has 9 heteroatoms. The first-order chi connectivity index (χ1) is 10.0. The topological polar surface area (TPSA) is 100 Å². The number of aromatic nitrogens is 1. The van der Waals surface area contributed by atoms with Gasteiger partial charge in [0.05, 0.1) is 9.40 Å². The summed E-state index contributed by atoms with van der Waals surface area (Å²) in [7, 11) is 0. The van der Waals surface area contributed by atoms with Crippen LogP contribution in [0, 0.1) is 10.1 Å². The summed E-state index contributed by atoms with van der Waals surface area (Å²) in [4.78, 5) is 28.4. The molecular weight excluding hydrogens is 342 g/mol. The van der Waals surface area contributed by atoms with Crippen molar-refractivity contribution in [3.8, 4) is 0 Å². The molecule has 2 heterocycles. The van der Waals surface area contributed by atoms with Gasteiger partial charge in [0.25, 0.3) is 5.69 Å². The van der Waals surface area contributed by atoms with Crippen LogP contribution < -0.4 is 15.5 Å². The van der Waals surface area contributed by atoms with Crippen molar-refractivity contribution in [2.45, 2.75) is 13.0 Å². The van der Waals surface area contributed by atoms with E-state index in [1.165, 1.54) is 12.3 Å². The summed E-state index contributed by atoms with van der Waals surface area (Å²) in [5, 5.41) is 16.7. The number of nitrogens with one attached hydrogen (secondary N) is 2. The van der Waals surface area contributed by atoms with Crippen LogP contribution in [0.1, 0.15) is 6.92 Å². The van der Waals surface area contributed by atoms with Crippen molar-refractivity contribution >= 4 is 33.3 Å². The molecule has 114 valence electrons. The highest BCUT2D eigenvalue weighted by Crippen LogP contribution is 2.29. The van der Waals surface area contributed by atoms with Gasteiger partial charge in [-0.1, -0.05) is 0 Å². The standard InChI is InChI=1S/C12H16BrN5O3/c1-2-15-12(19)10-7-14-3-4-17(10)11-9(13)5-8(6-16-11)18(20)21/h5-6,10,14H,2-4,7H2,1H3,(H,15,19). The summed E-state index contributed by atoms with van der Waals surface area (Å²) in [5.74, 6) is 0.454. The van der Waals surface area contributed by atoms with Crippen molar-refractivity contribution in [1.29, 1.82) is 0 Å². The number of nitrogens with zero attached hydrogens (tertiary/aromatic N) is 3. The molecule has 0 aromatic carbocycles. The third kappa shape index (κ3) is 3.48. The largest absolute Gasteiger partial charge is 0.355 e. The Balaban J connectivity index is 2.29. The minimum atomic E-state index is -0.499. The van der Waals surface area contributed by atoms with Crippen LogP contribution >= 0.6 is 15.9 Å². The lowest BCUT2D eigenvalue weighted by molar-refractivity contribution is -0.385. The van der Waals surface area contributed by atoms with Crippen molar-refractivity contribution in [1.82, 2.24) is 15.6 Å². The number of carbonyl (C=O) groups excluding carboxylic acids is 1. The molecule has 21 heavy (non-hydrogen) atoms. The normalized spacial score (nSPS) is 18.4. The van der Waals surface area contributed by atoms with Gasteiger partial charge < -0.3 is 15.5 Å². The van der Waals surface area contributed by atoms with Crippen LogP contribution in [0.3, 0.4) is 0 Å². The van der Waals surface area contributed by atoms with Gasteiger partial charge in [-0.3, -0.25) is 14.9 Å². The second kappa shape index (κ2) is 6.81. The van der Waals surface area contributed by atoms with Crippen LogP contribution in [0.2, 0.25) is 0 Å². The van der Waals surface area contributed by atoms with Crippen LogP contribution in [0.4, 0.5) is 11.5 Å². The van der Waals surface area contributed by atoms with E-state index in [0.717, 1.165) is 6.54 Å². The lowest BCUT2D eigenvalue weighted by Crippen LogP contribution is -2.58. The minimum absolute atomic E-state index is 0.0863. The van der Waals surface area contributed by atoms with Crippen molar-refractivity contribution in [3.63, 3.8) is 0 Å². The zero-order valence-corrected chi connectivity index (χ0v) is 13.1. The monoisotopic (exact) mass is 357 g/mol. The molecule has 2 rings (SSSR count). The summed E-state index contributed by atoms with van der Waals surface area (Å²) >= 11 is 3.31. The number of piperazine rings is 1. The summed E-state index contributed by atoms with van der Waals surface area (Å²) in [6, 6.07) is 1.02. The van der Waals surface area contributed by atoms with Crippen LogP contribution in [-0.4, -0.2) is 48.0 Å². The minimum Gasteiger partial charge on any atom is -0.355 e. The highest BCUT2D eigenvalue weighted by atomic mass is 79.9. The molecule has 8 nitrogen and oxygen atoms in total. The molecule has 1 saturated heterocycles. The van der Waals surface area contributed by atoms with Crippen molar-refractivity contribution < 1.29 is 9.72 Å². The summed E-state index contributed by atoms with van der Waals surface area (Å²) in [6.07, 6.45) is 1.21. The quantitative estimate of drug-likeness (QED) is 0.606. The van der Waals surface area contributed by atoms with E-state index in [4.69, 9.17) is 0 Å². The fourth-order valence-corrected chi connectivity index (χ4v) is 2.78. The maximum absolute atomic E-state index is 12.1. The van der Waals surface area contributed by atoms with Crippen LogP contribution in [0.5, 0.6) is 0 Å². The number of halogens is 1. The highest BCUT2D eigenvalue weighted by molar-refractivity contribution is 9.10. The Hall–Kier alpha value is -1.74. The average Bonchev–Trinajstić information content (AvgIpc) is 2.47. The Labute approximate surface area is 130 Å². The number of pyridine rings is 1. The van der Waals surface area contributed by atoms with Crippen LogP contribution in [0.25, 0.3) is 0 Å². The number of anilines is 1. The number of amides is 1. The van der Waals surface area contributed by atoms with E-state index >= 15 is 0 Å². The first kappa shape index (κ1) is 15.6. The predicted molar refractivity (Wildman–Crippen MR) is 81.3 cm³/mol. The van der Waals surface area contributed by atoms with Gasteiger partial charge in [0.1, 0.15) is 18.1 Å². The Morgan fingerprint density at radius 3 is 3.10 bits per heavy atom. The first-order valence-corrected chi connectivity index (χ1v) is 7.39. The van der Waals surface area contributed by atoms with Gasteiger partial charge >= 0.3 is 0 Å². The number of likely N-dealkylation sites (N-methyl/N-ethyl adjacent to an activating group) is 1. The van der Waals surface area contributed by atoms with Gasteiger partial charge in [-0.25, -0.2) is 4.98 Å². The van der Waals surface area contributed by atoms with Crippen LogP contribution in [-0.2, 0) is 4.79 Å². The summed E-state index contributed by atoms with van der Waals surface area (Å²) < 4.78 is 0.507. The van der Waals surface area contributed by atoms with Gasteiger partial charge in [0.15, 0.2) is 0 Å². The number of hydrogen-bond acceptors (Lipinski definition) is 6. The molecule has 1 fully saturated rings. The smallest absolute Gasteiger partial charge is 0.288 e. The molecule has 1 aromatic rings. The molecule has 1 unspecified atom stereocenters. The second-order valence-electron chi connectivity index (χ2n) is 4.56. The van der Waals surface area contributed by atoms with Crippen molar-refractivity contribution in [3.05, 3.63) is 26.9 Å². The van der Waals surface area contributed by atoms with Gasteiger partial charge in [0.2, 0.25) is 5.91 Å². The zero-order chi connectivity index (χ0) is 15.4. The molecule has 0 radical (unpaired) electrons.